The summed E-state index contributed by atoms with van der Waals surface area (Å²) in [4.78, 5) is 29.9. The standard InChI is InChI=1S/C26H25FN4O3/c1-31-24-21(29-23(32)16-34-2)14-19(15-22(24)30-25(31)18-8-4-3-5-9-18)26(33)28-12-11-17-7-6-10-20(27)13-17/h3-10,13-15H,11-12,16H2,1-2H3,(H,28,33)(H,29,32). The molecule has 0 unspecified atom stereocenters. The minimum absolute atomic E-state index is 0.116. The van der Waals surface area contributed by atoms with E-state index in [-0.39, 0.29) is 24.2 Å². The summed E-state index contributed by atoms with van der Waals surface area (Å²) in [6, 6.07) is 19.3. The number of rotatable bonds is 8. The Morgan fingerprint density at radius 3 is 2.59 bits per heavy atom. The number of carbonyl (C=O) groups excluding carboxylic acids is 2. The summed E-state index contributed by atoms with van der Waals surface area (Å²) < 4.78 is 20.2. The minimum Gasteiger partial charge on any atom is -0.375 e. The number of hydrogen-bond acceptors (Lipinski definition) is 4. The summed E-state index contributed by atoms with van der Waals surface area (Å²) in [6.07, 6.45) is 0.491. The van der Waals surface area contributed by atoms with E-state index in [4.69, 9.17) is 9.72 Å². The van der Waals surface area contributed by atoms with E-state index in [2.05, 4.69) is 10.6 Å². The summed E-state index contributed by atoms with van der Waals surface area (Å²) in [5.74, 6) is -0.251. The maximum atomic E-state index is 13.4. The Morgan fingerprint density at radius 2 is 1.85 bits per heavy atom. The van der Waals surface area contributed by atoms with Gasteiger partial charge in [-0.3, -0.25) is 9.59 Å². The molecule has 34 heavy (non-hydrogen) atoms. The van der Waals surface area contributed by atoms with Crippen LogP contribution < -0.4 is 10.6 Å². The molecule has 2 N–H and O–H groups in total. The molecule has 1 aromatic heterocycles. The SMILES string of the molecule is COCC(=O)Nc1cc(C(=O)NCCc2cccc(F)c2)cc2nc(-c3ccccc3)n(C)c12. The smallest absolute Gasteiger partial charge is 0.251 e. The topological polar surface area (TPSA) is 85.2 Å². The number of aromatic nitrogens is 2. The summed E-state index contributed by atoms with van der Waals surface area (Å²) in [5, 5.41) is 5.69. The van der Waals surface area contributed by atoms with Gasteiger partial charge in [-0.25, -0.2) is 9.37 Å². The van der Waals surface area contributed by atoms with Gasteiger partial charge in [-0.1, -0.05) is 42.5 Å². The van der Waals surface area contributed by atoms with Crippen molar-refractivity contribution >= 4 is 28.5 Å². The molecule has 7 nitrogen and oxygen atoms in total. The van der Waals surface area contributed by atoms with E-state index in [1.807, 2.05) is 48.0 Å². The maximum Gasteiger partial charge on any atom is 0.251 e. The number of anilines is 1. The number of benzene rings is 3. The zero-order valence-electron chi connectivity index (χ0n) is 19.0. The van der Waals surface area contributed by atoms with Crippen molar-refractivity contribution < 1.29 is 18.7 Å². The summed E-state index contributed by atoms with van der Waals surface area (Å²) in [5.41, 5.74) is 3.80. The fourth-order valence-electron chi connectivity index (χ4n) is 3.86. The fourth-order valence-corrected chi connectivity index (χ4v) is 3.86. The Hall–Kier alpha value is -4.04. The van der Waals surface area contributed by atoms with E-state index in [9.17, 15) is 14.0 Å². The van der Waals surface area contributed by atoms with Gasteiger partial charge in [0.15, 0.2) is 0 Å². The predicted octanol–water partition coefficient (Wildman–Crippen LogP) is 3.94. The molecular weight excluding hydrogens is 435 g/mol. The number of ether oxygens (including phenoxy) is 1. The van der Waals surface area contributed by atoms with E-state index in [1.54, 1.807) is 18.2 Å². The number of halogens is 1. The molecule has 0 saturated heterocycles. The number of carbonyl (C=O) groups is 2. The molecule has 174 valence electrons. The van der Waals surface area contributed by atoms with Crippen LogP contribution in [0.2, 0.25) is 0 Å². The second-order valence-electron chi connectivity index (χ2n) is 7.87. The summed E-state index contributed by atoms with van der Waals surface area (Å²) in [7, 11) is 3.30. The van der Waals surface area contributed by atoms with E-state index in [1.165, 1.54) is 19.2 Å². The predicted molar refractivity (Wildman–Crippen MR) is 129 cm³/mol. The van der Waals surface area contributed by atoms with Crippen molar-refractivity contribution in [3.8, 4) is 11.4 Å². The third-order valence-electron chi connectivity index (χ3n) is 5.40. The fraction of sp³-hybridized carbons (Fsp3) is 0.192. The molecule has 0 radical (unpaired) electrons. The molecule has 1 heterocycles. The molecule has 0 fully saturated rings. The van der Waals surface area contributed by atoms with Crippen LogP contribution in [0, 0.1) is 5.82 Å². The number of nitrogens with zero attached hydrogens (tertiary/aromatic N) is 2. The number of amides is 2. The van der Waals surface area contributed by atoms with Crippen LogP contribution in [0.3, 0.4) is 0 Å². The van der Waals surface area contributed by atoms with Crippen LogP contribution in [0.4, 0.5) is 10.1 Å². The molecule has 0 bridgehead atoms. The zero-order valence-corrected chi connectivity index (χ0v) is 19.0. The number of aryl methyl sites for hydroxylation is 1. The molecule has 0 aliphatic rings. The number of hydrogen-bond donors (Lipinski definition) is 2. The molecule has 0 atom stereocenters. The highest BCUT2D eigenvalue weighted by Crippen LogP contribution is 2.30. The van der Waals surface area contributed by atoms with Gasteiger partial charge in [-0.2, -0.15) is 0 Å². The Balaban J connectivity index is 1.65. The van der Waals surface area contributed by atoms with Crippen LogP contribution in [0.15, 0.2) is 66.7 Å². The van der Waals surface area contributed by atoms with Gasteiger partial charge in [0.25, 0.3) is 5.91 Å². The van der Waals surface area contributed by atoms with Gasteiger partial charge < -0.3 is 19.9 Å². The van der Waals surface area contributed by atoms with E-state index in [0.717, 1.165) is 11.1 Å². The molecular formula is C26H25FN4O3. The molecule has 4 aromatic rings. The Bertz CT molecular complexity index is 1330. The lowest BCUT2D eigenvalue weighted by molar-refractivity contribution is -0.119. The summed E-state index contributed by atoms with van der Waals surface area (Å²) >= 11 is 0. The highest BCUT2D eigenvalue weighted by Gasteiger charge is 2.18. The van der Waals surface area contributed by atoms with Crippen LogP contribution in [0.25, 0.3) is 22.4 Å². The highest BCUT2D eigenvalue weighted by atomic mass is 19.1. The van der Waals surface area contributed by atoms with Crippen LogP contribution in [0.5, 0.6) is 0 Å². The molecule has 0 saturated carbocycles. The van der Waals surface area contributed by atoms with Gasteiger partial charge >= 0.3 is 0 Å². The van der Waals surface area contributed by atoms with Crippen molar-refractivity contribution in [3.63, 3.8) is 0 Å². The quantitative estimate of drug-likeness (QED) is 0.417. The first-order chi connectivity index (χ1) is 16.5. The van der Waals surface area contributed by atoms with Gasteiger partial charge in [-0.05, 0) is 36.2 Å². The first-order valence-corrected chi connectivity index (χ1v) is 10.8. The normalized spacial score (nSPS) is 10.9. The Labute approximate surface area is 196 Å². The number of fused-ring (bicyclic) bond motifs is 1. The molecule has 8 heteroatoms. The average molecular weight is 461 g/mol. The van der Waals surface area contributed by atoms with Gasteiger partial charge in [0.05, 0.1) is 16.7 Å². The second-order valence-corrected chi connectivity index (χ2v) is 7.87. The minimum atomic E-state index is -0.338. The van der Waals surface area contributed by atoms with E-state index < -0.39 is 0 Å². The van der Waals surface area contributed by atoms with Gasteiger partial charge in [0, 0.05) is 31.8 Å². The van der Waals surface area contributed by atoms with Crippen molar-refractivity contribution in [3.05, 3.63) is 83.7 Å². The van der Waals surface area contributed by atoms with E-state index in [0.29, 0.717) is 41.1 Å². The Kier molecular flexibility index (Phi) is 6.98. The lowest BCUT2D eigenvalue weighted by Gasteiger charge is -2.11. The lowest BCUT2D eigenvalue weighted by Crippen LogP contribution is -2.26. The van der Waals surface area contributed by atoms with Gasteiger partial charge in [0.1, 0.15) is 18.2 Å². The number of methoxy groups -OCH3 is 1. The largest absolute Gasteiger partial charge is 0.375 e. The highest BCUT2D eigenvalue weighted by molar-refractivity contribution is 6.06. The second kappa shape index (κ2) is 10.3. The van der Waals surface area contributed by atoms with Crippen molar-refractivity contribution in [1.82, 2.24) is 14.9 Å². The monoisotopic (exact) mass is 460 g/mol. The van der Waals surface area contributed by atoms with Crippen molar-refractivity contribution in [1.29, 1.82) is 0 Å². The molecule has 2 amide bonds. The van der Waals surface area contributed by atoms with Gasteiger partial charge in [-0.15, -0.1) is 0 Å². The number of imidazole rings is 1. The lowest BCUT2D eigenvalue weighted by atomic mass is 10.1. The number of nitrogens with one attached hydrogen (secondary N) is 2. The van der Waals surface area contributed by atoms with Crippen LogP contribution >= 0.6 is 0 Å². The molecule has 0 spiro atoms. The molecule has 0 aliphatic heterocycles. The average Bonchev–Trinajstić information content (AvgIpc) is 3.16. The third-order valence-corrected chi connectivity index (χ3v) is 5.40. The zero-order chi connectivity index (χ0) is 24.1. The summed E-state index contributed by atoms with van der Waals surface area (Å²) in [6.45, 7) is 0.220. The van der Waals surface area contributed by atoms with Crippen molar-refractivity contribution in [2.45, 2.75) is 6.42 Å². The van der Waals surface area contributed by atoms with Gasteiger partial charge in [0.2, 0.25) is 5.91 Å². The van der Waals surface area contributed by atoms with Crippen LogP contribution in [0.1, 0.15) is 15.9 Å². The Morgan fingerprint density at radius 1 is 1.06 bits per heavy atom. The van der Waals surface area contributed by atoms with Crippen molar-refractivity contribution in [2.75, 3.05) is 25.6 Å². The first-order valence-electron chi connectivity index (χ1n) is 10.8. The van der Waals surface area contributed by atoms with Crippen molar-refractivity contribution in [2.24, 2.45) is 7.05 Å². The molecule has 4 rings (SSSR count). The molecule has 0 aliphatic carbocycles. The third kappa shape index (κ3) is 5.13. The first kappa shape index (κ1) is 23.1. The maximum absolute atomic E-state index is 13.4. The van der Waals surface area contributed by atoms with Crippen LogP contribution in [-0.4, -0.2) is 41.6 Å². The molecule has 3 aromatic carbocycles. The van der Waals surface area contributed by atoms with E-state index >= 15 is 0 Å². The van der Waals surface area contributed by atoms with Crippen LogP contribution in [-0.2, 0) is 23.0 Å².